The Labute approximate surface area is 73.4 Å². The maximum absolute atomic E-state index is 12.8. The van der Waals surface area contributed by atoms with Crippen LogP contribution in [0.1, 0.15) is 31.9 Å². The van der Waals surface area contributed by atoms with Crippen molar-refractivity contribution in [3.05, 3.63) is 41.1 Å². The molecule has 1 radical (unpaired) electrons. The smallest absolute Gasteiger partial charge is 0.123 e. The van der Waals surface area contributed by atoms with Crippen molar-refractivity contribution in [2.24, 2.45) is 0 Å². The molecule has 0 saturated carbocycles. The van der Waals surface area contributed by atoms with Gasteiger partial charge in [-0.3, -0.25) is 0 Å². The largest absolute Gasteiger partial charge is 0.207 e. The molecule has 1 aromatic rings. The van der Waals surface area contributed by atoms with Gasteiger partial charge in [0.1, 0.15) is 5.82 Å². The molecule has 0 amide bonds. The first kappa shape index (κ1) is 9.24. The normalized spacial score (nSPS) is 10.8. The summed E-state index contributed by atoms with van der Waals surface area (Å²) in [6.07, 6.45) is 0.959. The van der Waals surface area contributed by atoms with E-state index < -0.39 is 0 Å². The predicted molar refractivity (Wildman–Crippen MR) is 49.5 cm³/mol. The van der Waals surface area contributed by atoms with Crippen LogP contribution in [0.15, 0.2) is 18.2 Å². The average molecular weight is 165 g/mol. The summed E-state index contributed by atoms with van der Waals surface area (Å²) in [5.74, 6) is 1.02. The molecule has 0 aromatic heterocycles. The Hall–Kier alpha value is -0.850. The molecule has 1 rings (SSSR count). The highest BCUT2D eigenvalue weighted by Gasteiger charge is 2.06. The van der Waals surface area contributed by atoms with Gasteiger partial charge < -0.3 is 0 Å². The number of benzene rings is 1. The lowest BCUT2D eigenvalue weighted by atomic mass is 9.96. The summed E-state index contributed by atoms with van der Waals surface area (Å²) < 4.78 is 12.8. The molecule has 65 valence electrons. The minimum atomic E-state index is -0.150. The third kappa shape index (κ3) is 1.84. The second kappa shape index (κ2) is 3.70. The van der Waals surface area contributed by atoms with E-state index in [0.29, 0.717) is 0 Å². The van der Waals surface area contributed by atoms with Gasteiger partial charge in [-0.15, -0.1) is 0 Å². The van der Waals surface area contributed by atoms with Crippen molar-refractivity contribution in [3.8, 4) is 0 Å². The predicted octanol–water partition coefficient (Wildman–Crippen LogP) is 3.35. The lowest BCUT2D eigenvalue weighted by Crippen LogP contribution is -1.96. The van der Waals surface area contributed by atoms with E-state index in [1.807, 2.05) is 19.9 Å². The zero-order chi connectivity index (χ0) is 9.14. The minimum absolute atomic E-state index is 0.150. The molecule has 0 aliphatic heterocycles. The van der Waals surface area contributed by atoms with Crippen LogP contribution in [0.5, 0.6) is 0 Å². The second-order valence-electron chi connectivity index (χ2n) is 3.16. The molecule has 0 nitrogen and oxygen atoms in total. The molecule has 12 heavy (non-hydrogen) atoms. The highest BCUT2D eigenvalue weighted by atomic mass is 19.1. The molecule has 1 aromatic carbocycles. The molecule has 0 aliphatic rings. The third-order valence-electron chi connectivity index (χ3n) is 1.99. The number of rotatable bonds is 2. The van der Waals surface area contributed by atoms with Crippen molar-refractivity contribution in [1.29, 1.82) is 0 Å². The highest BCUT2D eigenvalue weighted by Crippen LogP contribution is 2.20. The maximum Gasteiger partial charge on any atom is 0.123 e. The highest BCUT2D eigenvalue weighted by molar-refractivity contribution is 5.37. The Morgan fingerprint density at radius 2 is 2.00 bits per heavy atom. The molecule has 0 aliphatic carbocycles. The molecular formula is C11H14F. The number of halogens is 1. The minimum Gasteiger partial charge on any atom is -0.207 e. The lowest BCUT2D eigenvalue weighted by Gasteiger charge is -2.10. The second-order valence-corrected chi connectivity index (χ2v) is 3.16. The van der Waals surface area contributed by atoms with E-state index in [2.05, 4.69) is 6.92 Å². The fourth-order valence-electron chi connectivity index (χ4n) is 1.32. The van der Waals surface area contributed by atoms with Crippen LogP contribution in [0, 0.1) is 11.7 Å². The Bertz CT molecular complexity index is 264. The van der Waals surface area contributed by atoms with E-state index in [0.717, 1.165) is 12.0 Å². The van der Waals surface area contributed by atoms with Crippen LogP contribution in [0.3, 0.4) is 0 Å². The van der Waals surface area contributed by atoms with Gasteiger partial charge in [0.05, 0.1) is 0 Å². The molecular weight excluding hydrogens is 151 g/mol. The molecule has 0 bridgehead atoms. The van der Waals surface area contributed by atoms with Crippen molar-refractivity contribution in [2.45, 2.75) is 27.2 Å². The molecule has 0 unspecified atom stereocenters. The number of hydrogen-bond donors (Lipinski definition) is 0. The average Bonchev–Trinajstić information content (AvgIpc) is 2.04. The molecule has 0 N–H and O–H groups in total. The van der Waals surface area contributed by atoms with Crippen LogP contribution in [0.25, 0.3) is 0 Å². The molecule has 0 atom stereocenters. The fourth-order valence-corrected chi connectivity index (χ4v) is 1.32. The van der Waals surface area contributed by atoms with Gasteiger partial charge in [-0.05, 0) is 35.6 Å². The van der Waals surface area contributed by atoms with Gasteiger partial charge in [0.25, 0.3) is 0 Å². The lowest BCUT2D eigenvalue weighted by molar-refractivity contribution is 0.625. The van der Waals surface area contributed by atoms with Gasteiger partial charge in [-0.2, -0.15) is 0 Å². The summed E-state index contributed by atoms with van der Waals surface area (Å²) in [7, 11) is 0. The van der Waals surface area contributed by atoms with Crippen molar-refractivity contribution < 1.29 is 4.39 Å². The van der Waals surface area contributed by atoms with Crippen molar-refractivity contribution in [2.75, 3.05) is 0 Å². The quantitative estimate of drug-likeness (QED) is 0.630. The Morgan fingerprint density at radius 1 is 1.33 bits per heavy atom. The number of aryl methyl sites for hydroxylation is 1. The van der Waals surface area contributed by atoms with Gasteiger partial charge in [-0.1, -0.05) is 26.8 Å². The fraction of sp³-hybridized carbons (Fsp3) is 0.364. The molecule has 0 spiro atoms. The first-order valence-corrected chi connectivity index (χ1v) is 4.24. The SMILES string of the molecule is CCc1ccc(F)cc1[C](C)C. The van der Waals surface area contributed by atoms with Crippen LogP contribution in [0.4, 0.5) is 4.39 Å². The first-order valence-electron chi connectivity index (χ1n) is 4.24. The van der Waals surface area contributed by atoms with Gasteiger partial charge in [0.15, 0.2) is 0 Å². The van der Waals surface area contributed by atoms with Gasteiger partial charge in [0.2, 0.25) is 0 Å². The van der Waals surface area contributed by atoms with Gasteiger partial charge in [0, 0.05) is 0 Å². The topological polar surface area (TPSA) is 0 Å². The van der Waals surface area contributed by atoms with Crippen molar-refractivity contribution >= 4 is 0 Å². The van der Waals surface area contributed by atoms with E-state index >= 15 is 0 Å². The maximum atomic E-state index is 12.8. The molecule has 1 heteroatoms. The van der Waals surface area contributed by atoms with Gasteiger partial charge >= 0.3 is 0 Å². The number of hydrogen-bond acceptors (Lipinski definition) is 0. The van der Waals surface area contributed by atoms with Crippen LogP contribution < -0.4 is 0 Å². The van der Waals surface area contributed by atoms with Crippen LogP contribution in [-0.4, -0.2) is 0 Å². The summed E-state index contributed by atoms with van der Waals surface area (Å²) in [5, 5.41) is 0. The van der Waals surface area contributed by atoms with Crippen LogP contribution in [0.2, 0.25) is 0 Å². The van der Waals surface area contributed by atoms with Crippen LogP contribution in [-0.2, 0) is 6.42 Å². The monoisotopic (exact) mass is 165 g/mol. The third-order valence-corrected chi connectivity index (χ3v) is 1.99. The van der Waals surface area contributed by atoms with Crippen LogP contribution >= 0.6 is 0 Å². The molecule has 0 fully saturated rings. The zero-order valence-electron chi connectivity index (χ0n) is 7.82. The zero-order valence-corrected chi connectivity index (χ0v) is 7.82. The summed E-state index contributed by atoms with van der Waals surface area (Å²) in [5.41, 5.74) is 2.27. The van der Waals surface area contributed by atoms with E-state index in [1.165, 1.54) is 17.5 Å². The molecule has 0 saturated heterocycles. The Balaban J connectivity index is 3.12. The van der Waals surface area contributed by atoms with Gasteiger partial charge in [-0.25, -0.2) is 4.39 Å². The Kier molecular flexibility index (Phi) is 2.85. The van der Waals surface area contributed by atoms with E-state index in [9.17, 15) is 4.39 Å². The summed E-state index contributed by atoms with van der Waals surface area (Å²) in [6.45, 7) is 6.10. The van der Waals surface area contributed by atoms with E-state index in [-0.39, 0.29) is 5.82 Å². The summed E-state index contributed by atoms with van der Waals surface area (Å²) >= 11 is 0. The molecule has 0 heterocycles. The van der Waals surface area contributed by atoms with Crippen molar-refractivity contribution in [3.63, 3.8) is 0 Å². The van der Waals surface area contributed by atoms with E-state index in [4.69, 9.17) is 0 Å². The summed E-state index contributed by atoms with van der Waals surface area (Å²) in [6, 6.07) is 4.98. The standard InChI is InChI=1S/C11H14F/c1-4-9-5-6-10(12)7-11(9)8(2)3/h5-7H,4H2,1-3H3. The van der Waals surface area contributed by atoms with E-state index in [1.54, 1.807) is 6.07 Å². The summed E-state index contributed by atoms with van der Waals surface area (Å²) in [4.78, 5) is 0. The van der Waals surface area contributed by atoms with Crippen molar-refractivity contribution in [1.82, 2.24) is 0 Å². The first-order chi connectivity index (χ1) is 5.65. The Morgan fingerprint density at radius 3 is 2.50 bits per heavy atom.